The van der Waals surface area contributed by atoms with Crippen molar-refractivity contribution in [2.45, 2.75) is 0 Å². The quantitative estimate of drug-likeness (QED) is 0.709. The second kappa shape index (κ2) is 4.52. The Labute approximate surface area is 111 Å². The molecule has 5 heteroatoms. The SMILES string of the molecule is O=C(c1ccc(F)c(F)c1)c1c[nH]c2ccc(F)cc12. The predicted octanol–water partition coefficient (Wildman–Crippen LogP) is 3.82. The Morgan fingerprint density at radius 3 is 2.50 bits per heavy atom. The second-order valence-electron chi connectivity index (χ2n) is 4.35. The summed E-state index contributed by atoms with van der Waals surface area (Å²) in [5.41, 5.74) is 0.817. The number of benzene rings is 2. The molecule has 0 unspecified atom stereocenters. The molecule has 1 aromatic heterocycles. The molecule has 0 atom stereocenters. The smallest absolute Gasteiger partial charge is 0.195 e. The lowest BCUT2D eigenvalue weighted by Crippen LogP contribution is -2.02. The molecule has 0 radical (unpaired) electrons. The number of aromatic amines is 1. The van der Waals surface area contributed by atoms with Crippen molar-refractivity contribution >= 4 is 16.7 Å². The molecule has 0 spiro atoms. The molecule has 0 aliphatic carbocycles. The number of hydrogen-bond acceptors (Lipinski definition) is 1. The van der Waals surface area contributed by atoms with E-state index >= 15 is 0 Å². The Hall–Kier alpha value is -2.56. The summed E-state index contributed by atoms with van der Waals surface area (Å²) in [4.78, 5) is 15.1. The van der Waals surface area contributed by atoms with E-state index in [4.69, 9.17) is 0 Å². The topological polar surface area (TPSA) is 32.9 Å². The first-order valence-electron chi connectivity index (χ1n) is 5.82. The first-order chi connectivity index (χ1) is 9.56. The molecular formula is C15H8F3NO. The molecule has 0 amide bonds. The first-order valence-corrected chi connectivity index (χ1v) is 5.82. The summed E-state index contributed by atoms with van der Waals surface area (Å²) in [5.74, 6) is -3.09. The van der Waals surface area contributed by atoms with Crippen LogP contribution < -0.4 is 0 Å². The van der Waals surface area contributed by atoms with Gasteiger partial charge in [0.05, 0.1) is 0 Å². The molecule has 2 nitrogen and oxygen atoms in total. The summed E-state index contributed by atoms with van der Waals surface area (Å²) in [6.45, 7) is 0. The van der Waals surface area contributed by atoms with E-state index in [-0.39, 0.29) is 11.1 Å². The van der Waals surface area contributed by atoms with E-state index < -0.39 is 23.2 Å². The highest BCUT2D eigenvalue weighted by atomic mass is 19.2. The summed E-state index contributed by atoms with van der Waals surface area (Å²) in [6, 6.07) is 6.91. The van der Waals surface area contributed by atoms with Crippen LogP contribution in [0.15, 0.2) is 42.6 Å². The van der Waals surface area contributed by atoms with Gasteiger partial charge in [-0.2, -0.15) is 0 Å². The third-order valence-electron chi connectivity index (χ3n) is 3.07. The number of fused-ring (bicyclic) bond motifs is 1. The maximum Gasteiger partial charge on any atom is 0.195 e. The predicted molar refractivity (Wildman–Crippen MR) is 68.0 cm³/mol. The maximum atomic E-state index is 13.2. The van der Waals surface area contributed by atoms with E-state index in [1.54, 1.807) is 0 Å². The Kier molecular flexibility index (Phi) is 2.82. The summed E-state index contributed by atoms with van der Waals surface area (Å²) >= 11 is 0. The average Bonchev–Trinajstić information content (AvgIpc) is 2.84. The molecule has 1 heterocycles. The molecule has 20 heavy (non-hydrogen) atoms. The minimum Gasteiger partial charge on any atom is -0.360 e. The largest absolute Gasteiger partial charge is 0.360 e. The van der Waals surface area contributed by atoms with Gasteiger partial charge >= 0.3 is 0 Å². The van der Waals surface area contributed by atoms with E-state index in [0.717, 1.165) is 12.1 Å². The zero-order chi connectivity index (χ0) is 14.3. The Morgan fingerprint density at radius 2 is 1.75 bits per heavy atom. The van der Waals surface area contributed by atoms with Gasteiger partial charge in [0.2, 0.25) is 0 Å². The fourth-order valence-electron chi connectivity index (χ4n) is 2.07. The van der Waals surface area contributed by atoms with Gasteiger partial charge in [-0.25, -0.2) is 13.2 Å². The minimum absolute atomic E-state index is 0.00839. The molecule has 0 saturated heterocycles. The first kappa shape index (κ1) is 12.5. The highest BCUT2D eigenvalue weighted by Gasteiger charge is 2.16. The number of halogens is 3. The zero-order valence-corrected chi connectivity index (χ0v) is 10.1. The van der Waals surface area contributed by atoms with Crippen LogP contribution in [-0.4, -0.2) is 10.8 Å². The molecule has 0 fully saturated rings. The Balaban J connectivity index is 2.12. The molecule has 3 rings (SSSR count). The number of rotatable bonds is 2. The number of carbonyl (C=O) groups excluding carboxylic acids is 1. The zero-order valence-electron chi connectivity index (χ0n) is 10.1. The van der Waals surface area contributed by atoms with E-state index in [1.165, 1.54) is 30.5 Å². The van der Waals surface area contributed by atoms with Crippen LogP contribution >= 0.6 is 0 Å². The Morgan fingerprint density at radius 1 is 0.950 bits per heavy atom. The van der Waals surface area contributed by atoms with Gasteiger partial charge < -0.3 is 4.98 Å². The van der Waals surface area contributed by atoms with Crippen LogP contribution in [0.4, 0.5) is 13.2 Å². The van der Waals surface area contributed by atoms with Crippen LogP contribution in [0.3, 0.4) is 0 Å². The normalized spacial score (nSPS) is 10.9. The summed E-state index contributed by atoms with van der Waals surface area (Å²) in [6.07, 6.45) is 1.42. The lowest BCUT2D eigenvalue weighted by atomic mass is 10.0. The molecule has 0 bridgehead atoms. The third-order valence-corrected chi connectivity index (χ3v) is 3.07. The van der Waals surface area contributed by atoms with Crippen LogP contribution in [0, 0.1) is 17.5 Å². The van der Waals surface area contributed by atoms with Crippen LogP contribution in [0.1, 0.15) is 15.9 Å². The van der Waals surface area contributed by atoms with Crippen molar-refractivity contribution < 1.29 is 18.0 Å². The van der Waals surface area contributed by atoms with Gasteiger partial charge in [0, 0.05) is 28.2 Å². The van der Waals surface area contributed by atoms with Crippen molar-refractivity contribution in [2.75, 3.05) is 0 Å². The van der Waals surface area contributed by atoms with Crippen LogP contribution in [-0.2, 0) is 0 Å². The number of H-pyrrole nitrogens is 1. The number of hydrogen-bond donors (Lipinski definition) is 1. The van der Waals surface area contributed by atoms with Gasteiger partial charge in [0.15, 0.2) is 17.4 Å². The highest BCUT2D eigenvalue weighted by molar-refractivity contribution is 6.16. The van der Waals surface area contributed by atoms with Crippen LogP contribution in [0.25, 0.3) is 10.9 Å². The van der Waals surface area contributed by atoms with Crippen LogP contribution in [0.2, 0.25) is 0 Å². The molecule has 0 saturated carbocycles. The van der Waals surface area contributed by atoms with Gasteiger partial charge in [0.25, 0.3) is 0 Å². The average molecular weight is 275 g/mol. The number of carbonyl (C=O) groups is 1. The number of nitrogens with one attached hydrogen (secondary N) is 1. The van der Waals surface area contributed by atoms with E-state index in [0.29, 0.717) is 10.9 Å². The van der Waals surface area contributed by atoms with Crippen molar-refractivity contribution in [3.05, 3.63) is 71.2 Å². The molecular weight excluding hydrogens is 267 g/mol. The van der Waals surface area contributed by atoms with E-state index in [9.17, 15) is 18.0 Å². The van der Waals surface area contributed by atoms with Crippen molar-refractivity contribution in [3.8, 4) is 0 Å². The Bertz CT molecular complexity index is 823. The van der Waals surface area contributed by atoms with Crippen LogP contribution in [0.5, 0.6) is 0 Å². The van der Waals surface area contributed by atoms with E-state index in [1.807, 2.05) is 0 Å². The fourth-order valence-corrected chi connectivity index (χ4v) is 2.07. The van der Waals surface area contributed by atoms with Crippen molar-refractivity contribution in [1.82, 2.24) is 4.98 Å². The third kappa shape index (κ3) is 1.97. The summed E-state index contributed by atoms with van der Waals surface area (Å²) in [5, 5.41) is 0.403. The standard InChI is InChI=1S/C15H8F3NO/c16-9-2-4-14-10(6-9)11(7-19-14)15(20)8-1-3-12(17)13(18)5-8/h1-7,19H. The molecule has 3 aromatic rings. The number of ketones is 1. The molecule has 0 aliphatic heterocycles. The fraction of sp³-hybridized carbons (Fsp3) is 0. The van der Waals surface area contributed by atoms with Gasteiger partial charge in [-0.15, -0.1) is 0 Å². The second-order valence-corrected chi connectivity index (χ2v) is 4.35. The lowest BCUT2D eigenvalue weighted by Gasteiger charge is -2.01. The monoisotopic (exact) mass is 275 g/mol. The minimum atomic E-state index is -1.10. The maximum absolute atomic E-state index is 13.2. The number of aromatic nitrogens is 1. The summed E-state index contributed by atoms with van der Waals surface area (Å²) < 4.78 is 39.3. The van der Waals surface area contributed by atoms with Crippen molar-refractivity contribution in [2.24, 2.45) is 0 Å². The van der Waals surface area contributed by atoms with Gasteiger partial charge in [-0.05, 0) is 36.4 Å². The van der Waals surface area contributed by atoms with Gasteiger partial charge in [0.1, 0.15) is 5.82 Å². The lowest BCUT2D eigenvalue weighted by molar-refractivity contribution is 0.104. The van der Waals surface area contributed by atoms with E-state index in [2.05, 4.69) is 4.98 Å². The van der Waals surface area contributed by atoms with Crippen molar-refractivity contribution in [3.63, 3.8) is 0 Å². The molecule has 2 aromatic carbocycles. The molecule has 100 valence electrons. The van der Waals surface area contributed by atoms with Crippen molar-refractivity contribution in [1.29, 1.82) is 0 Å². The van der Waals surface area contributed by atoms with Gasteiger partial charge in [-0.1, -0.05) is 0 Å². The highest BCUT2D eigenvalue weighted by Crippen LogP contribution is 2.22. The summed E-state index contributed by atoms with van der Waals surface area (Å²) in [7, 11) is 0. The molecule has 1 N–H and O–H groups in total. The molecule has 0 aliphatic rings. The van der Waals surface area contributed by atoms with Gasteiger partial charge in [-0.3, -0.25) is 4.79 Å².